The molecular weight excluding hydrogens is 298 g/mol. The van der Waals surface area contributed by atoms with Gasteiger partial charge in [-0.15, -0.1) is 11.3 Å². The molecule has 0 aliphatic carbocycles. The molecule has 2 aromatic rings. The van der Waals surface area contributed by atoms with Crippen molar-refractivity contribution in [3.8, 4) is 5.75 Å². The Morgan fingerprint density at radius 1 is 1.29 bits per heavy atom. The van der Waals surface area contributed by atoms with Crippen LogP contribution >= 0.6 is 11.3 Å². The molecule has 0 amide bonds. The highest BCUT2D eigenvalue weighted by Crippen LogP contribution is 2.24. The minimum absolute atomic E-state index is 0.0525. The van der Waals surface area contributed by atoms with E-state index in [1.165, 1.54) is 23.5 Å². The lowest BCUT2D eigenvalue weighted by atomic mass is 10.2. The van der Waals surface area contributed by atoms with Crippen molar-refractivity contribution in [1.29, 1.82) is 0 Å². The van der Waals surface area contributed by atoms with Gasteiger partial charge in [-0.2, -0.15) is 0 Å². The number of nitrogens with one attached hydrogen (secondary N) is 1. The summed E-state index contributed by atoms with van der Waals surface area (Å²) in [7, 11) is 1.59. The van der Waals surface area contributed by atoms with Crippen molar-refractivity contribution in [3.63, 3.8) is 0 Å². The first-order chi connectivity index (χ1) is 10.2. The maximum atomic E-state index is 13.9. The van der Waals surface area contributed by atoms with E-state index in [-0.39, 0.29) is 12.4 Å². The van der Waals surface area contributed by atoms with Gasteiger partial charge in [0.15, 0.2) is 17.4 Å². The van der Waals surface area contributed by atoms with Crippen LogP contribution < -0.4 is 10.1 Å². The molecule has 2 rings (SSSR count). The molecule has 1 N–H and O–H groups in total. The molecule has 114 valence electrons. The van der Waals surface area contributed by atoms with E-state index in [4.69, 9.17) is 9.47 Å². The molecule has 1 aromatic heterocycles. The molecule has 0 atom stereocenters. The summed E-state index contributed by atoms with van der Waals surface area (Å²) >= 11 is 1.37. The number of methoxy groups -OCH3 is 1. The smallest absolute Gasteiger partial charge is 0.191 e. The monoisotopic (exact) mass is 314 g/mol. The highest BCUT2D eigenvalue weighted by Gasteiger charge is 2.13. The summed E-state index contributed by atoms with van der Waals surface area (Å²) < 4.78 is 37.8. The number of ether oxygens (including phenoxy) is 2. The van der Waals surface area contributed by atoms with Crippen LogP contribution in [0.5, 0.6) is 5.75 Å². The quantitative estimate of drug-likeness (QED) is 0.761. The number of aromatic nitrogens is 1. The largest absolute Gasteiger partial charge is 0.480 e. The van der Waals surface area contributed by atoms with Gasteiger partial charge >= 0.3 is 0 Å². The third kappa shape index (κ3) is 4.73. The standard InChI is InChI=1S/C14H16F2N2O2S/c1-19-4-2-17-8-10-6-11(15)14(12(16)7-10)20-9-13-18-3-5-21-13/h3,5-7,17H,2,4,8-9H2,1H3. The zero-order valence-corrected chi connectivity index (χ0v) is 12.4. The summed E-state index contributed by atoms with van der Waals surface area (Å²) in [4.78, 5) is 3.99. The van der Waals surface area contributed by atoms with Crippen molar-refractivity contribution in [2.24, 2.45) is 0 Å². The van der Waals surface area contributed by atoms with Gasteiger partial charge in [0.1, 0.15) is 11.6 Å². The maximum Gasteiger partial charge on any atom is 0.191 e. The first kappa shape index (κ1) is 15.8. The molecule has 21 heavy (non-hydrogen) atoms. The van der Waals surface area contributed by atoms with Crippen LogP contribution in [0.4, 0.5) is 8.78 Å². The van der Waals surface area contributed by atoms with Crippen molar-refractivity contribution < 1.29 is 18.3 Å². The van der Waals surface area contributed by atoms with Gasteiger partial charge in [0, 0.05) is 31.8 Å². The number of benzene rings is 1. The molecule has 0 radical (unpaired) electrons. The number of hydrogen-bond acceptors (Lipinski definition) is 5. The Morgan fingerprint density at radius 2 is 2.05 bits per heavy atom. The van der Waals surface area contributed by atoms with Crippen LogP contribution in [0.25, 0.3) is 0 Å². The first-order valence-electron chi connectivity index (χ1n) is 6.39. The third-order valence-electron chi connectivity index (χ3n) is 2.69. The SMILES string of the molecule is COCCNCc1cc(F)c(OCc2nccs2)c(F)c1. The fraction of sp³-hybridized carbons (Fsp3) is 0.357. The summed E-state index contributed by atoms with van der Waals surface area (Å²) in [5.41, 5.74) is 0.516. The molecular formula is C14H16F2N2O2S. The predicted octanol–water partition coefficient (Wildman–Crippen LogP) is 2.74. The average molecular weight is 314 g/mol. The number of rotatable bonds is 8. The molecule has 0 saturated heterocycles. The Balaban J connectivity index is 1.96. The predicted molar refractivity (Wildman–Crippen MR) is 76.4 cm³/mol. The summed E-state index contributed by atoms with van der Waals surface area (Å²) in [6.07, 6.45) is 1.62. The van der Waals surface area contributed by atoms with Crippen molar-refractivity contribution in [2.75, 3.05) is 20.3 Å². The number of nitrogens with zero attached hydrogens (tertiary/aromatic N) is 1. The van der Waals surface area contributed by atoms with Crippen molar-refractivity contribution in [2.45, 2.75) is 13.2 Å². The summed E-state index contributed by atoms with van der Waals surface area (Å²) in [6.45, 7) is 1.57. The second-order valence-corrected chi connectivity index (χ2v) is 5.25. The van der Waals surface area contributed by atoms with Crippen molar-refractivity contribution in [1.82, 2.24) is 10.3 Å². The van der Waals surface area contributed by atoms with E-state index in [2.05, 4.69) is 10.3 Å². The van der Waals surface area contributed by atoms with E-state index in [0.29, 0.717) is 30.3 Å². The number of hydrogen-bond donors (Lipinski definition) is 1. The van der Waals surface area contributed by atoms with E-state index in [9.17, 15) is 8.78 Å². The van der Waals surface area contributed by atoms with Gasteiger partial charge in [0.05, 0.1) is 6.61 Å². The highest BCUT2D eigenvalue weighted by atomic mass is 32.1. The van der Waals surface area contributed by atoms with Gasteiger partial charge in [0.25, 0.3) is 0 Å². The zero-order chi connectivity index (χ0) is 15.1. The van der Waals surface area contributed by atoms with E-state index >= 15 is 0 Å². The van der Waals surface area contributed by atoms with Gasteiger partial charge in [0.2, 0.25) is 0 Å². The Hall–Kier alpha value is -1.57. The van der Waals surface area contributed by atoms with Crippen LogP contribution in [-0.2, 0) is 17.9 Å². The molecule has 1 aromatic carbocycles. The molecule has 0 fully saturated rings. The number of halogens is 2. The van der Waals surface area contributed by atoms with Gasteiger partial charge in [-0.3, -0.25) is 0 Å². The first-order valence-corrected chi connectivity index (χ1v) is 7.27. The molecule has 4 nitrogen and oxygen atoms in total. The van der Waals surface area contributed by atoms with Crippen LogP contribution in [-0.4, -0.2) is 25.2 Å². The molecule has 0 spiro atoms. The Kier molecular flexibility index (Phi) is 6.04. The average Bonchev–Trinajstić information content (AvgIpc) is 2.96. The zero-order valence-electron chi connectivity index (χ0n) is 11.6. The lowest BCUT2D eigenvalue weighted by Crippen LogP contribution is -2.18. The van der Waals surface area contributed by atoms with Gasteiger partial charge in [-0.25, -0.2) is 13.8 Å². The topological polar surface area (TPSA) is 43.4 Å². The number of thiazole rings is 1. The molecule has 0 unspecified atom stereocenters. The van der Waals surface area contributed by atoms with E-state index in [1.807, 2.05) is 0 Å². The molecule has 7 heteroatoms. The van der Waals surface area contributed by atoms with Gasteiger partial charge in [-0.05, 0) is 17.7 Å². The van der Waals surface area contributed by atoms with Crippen molar-refractivity contribution >= 4 is 11.3 Å². The van der Waals surface area contributed by atoms with Crippen LogP contribution in [0, 0.1) is 11.6 Å². The fourth-order valence-electron chi connectivity index (χ4n) is 1.72. The minimum atomic E-state index is -0.713. The molecule has 1 heterocycles. The molecule has 0 aliphatic rings. The molecule has 0 bridgehead atoms. The lowest BCUT2D eigenvalue weighted by molar-refractivity contribution is 0.199. The maximum absolute atomic E-state index is 13.9. The van der Waals surface area contributed by atoms with Crippen LogP contribution in [0.2, 0.25) is 0 Å². The van der Waals surface area contributed by atoms with E-state index < -0.39 is 11.6 Å². The van der Waals surface area contributed by atoms with Crippen LogP contribution in [0.15, 0.2) is 23.7 Å². The van der Waals surface area contributed by atoms with Crippen LogP contribution in [0.1, 0.15) is 10.6 Å². The summed E-state index contributed by atoms with van der Waals surface area (Å²) in [5.74, 6) is -1.80. The van der Waals surface area contributed by atoms with E-state index in [1.54, 1.807) is 18.7 Å². The second kappa shape index (κ2) is 8.02. The fourth-order valence-corrected chi connectivity index (χ4v) is 2.24. The third-order valence-corrected chi connectivity index (χ3v) is 3.45. The van der Waals surface area contributed by atoms with E-state index in [0.717, 1.165) is 0 Å². The molecule has 0 aliphatic heterocycles. The normalized spacial score (nSPS) is 10.8. The highest BCUT2D eigenvalue weighted by molar-refractivity contribution is 7.09. The minimum Gasteiger partial charge on any atom is -0.480 e. The second-order valence-electron chi connectivity index (χ2n) is 4.27. The Bertz CT molecular complexity index is 541. The molecule has 0 saturated carbocycles. The van der Waals surface area contributed by atoms with Crippen LogP contribution in [0.3, 0.4) is 0 Å². The summed E-state index contributed by atoms with van der Waals surface area (Å²) in [6, 6.07) is 2.53. The van der Waals surface area contributed by atoms with Crippen molar-refractivity contribution in [3.05, 3.63) is 45.9 Å². The van der Waals surface area contributed by atoms with Gasteiger partial charge in [-0.1, -0.05) is 0 Å². The summed E-state index contributed by atoms with van der Waals surface area (Å²) in [5, 5.41) is 5.47. The Morgan fingerprint density at radius 3 is 2.67 bits per heavy atom. The Labute approximate surface area is 125 Å². The lowest BCUT2D eigenvalue weighted by Gasteiger charge is -2.10. The van der Waals surface area contributed by atoms with Gasteiger partial charge < -0.3 is 14.8 Å².